The third-order valence-corrected chi connectivity index (χ3v) is 3.95. The molecule has 0 unspecified atom stereocenters. The SMILES string of the molecule is CC1(C)OC[C@H]([C@H]2O[C@](C=O)(N=[N+]=[N-])[C@H]3OC(C)(C)O[C@@H]23)O1. The van der Waals surface area contributed by atoms with Gasteiger partial charge in [0.2, 0.25) is 5.72 Å². The van der Waals surface area contributed by atoms with Crippen LogP contribution in [0.25, 0.3) is 10.4 Å². The zero-order valence-corrected chi connectivity index (χ0v) is 12.9. The fourth-order valence-corrected chi connectivity index (χ4v) is 3.13. The minimum atomic E-state index is -1.76. The molecule has 3 rings (SSSR count). The van der Waals surface area contributed by atoms with Crippen molar-refractivity contribution in [3.05, 3.63) is 10.4 Å². The molecule has 5 atom stereocenters. The largest absolute Gasteiger partial charge is 0.350 e. The molecule has 9 heteroatoms. The number of ether oxygens (including phenoxy) is 5. The van der Waals surface area contributed by atoms with Crippen LogP contribution in [0.15, 0.2) is 5.11 Å². The molecule has 3 fully saturated rings. The van der Waals surface area contributed by atoms with Gasteiger partial charge in [-0.2, -0.15) is 0 Å². The first-order valence-corrected chi connectivity index (χ1v) is 7.10. The van der Waals surface area contributed by atoms with E-state index in [4.69, 9.17) is 29.2 Å². The quantitative estimate of drug-likeness (QED) is 0.335. The highest BCUT2D eigenvalue weighted by Crippen LogP contribution is 2.46. The summed E-state index contributed by atoms with van der Waals surface area (Å²) in [7, 11) is 0. The maximum Gasteiger partial charge on any atom is 0.231 e. The molecule has 122 valence electrons. The average Bonchev–Trinajstić information content (AvgIpc) is 3.01. The molecule has 3 aliphatic rings. The lowest BCUT2D eigenvalue weighted by molar-refractivity contribution is -0.220. The Morgan fingerprint density at radius 1 is 1.09 bits per heavy atom. The van der Waals surface area contributed by atoms with Gasteiger partial charge in [-0.15, -0.1) is 0 Å². The van der Waals surface area contributed by atoms with E-state index in [2.05, 4.69) is 10.0 Å². The molecule has 3 heterocycles. The van der Waals surface area contributed by atoms with E-state index in [1.54, 1.807) is 27.7 Å². The number of carbonyl (C=O) groups is 1. The van der Waals surface area contributed by atoms with Crippen molar-refractivity contribution < 1.29 is 28.5 Å². The Kier molecular flexibility index (Phi) is 3.48. The van der Waals surface area contributed by atoms with Gasteiger partial charge in [-0.25, -0.2) is 0 Å². The van der Waals surface area contributed by atoms with Crippen molar-refractivity contribution in [2.24, 2.45) is 5.11 Å². The Bertz CT molecular complexity index is 532. The van der Waals surface area contributed by atoms with Gasteiger partial charge < -0.3 is 23.7 Å². The van der Waals surface area contributed by atoms with Gasteiger partial charge in [-0.3, -0.25) is 4.79 Å². The lowest BCUT2D eigenvalue weighted by atomic mass is 10.0. The van der Waals surface area contributed by atoms with Crippen LogP contribution in [0.2, 0.25) is 0 Å². The van der Waals surface area contributed by atoms with Crippen LogP contribution in [-0.4, -0.2) is 54.6 Å². The van der Waals surface area contributed by atoms with Crippen molar-refractivity contribution >= 4 is 6.29 Å². The summed E-state index contributed by atoms with van der Waals surface area (Å²) in [6.45, 7) is 7.31. The first-order chi connectivity index (χ1) is 10.2. The highest BCUT2D eigenvalue weighted by molar-refractivity contribution is 5.65. The molecule has 0 saturated carbocycles. The van der Waals surface area contributed by atoms with Crippen molar-refractivity contribution in [2.75, 3.05) is 6.61 Å². The molecule has 0 spiro atoms. The second-order valence-corrected chi connectivity index (χ2v) is 6.53. The van der Waals surface area contributed by atoms with Crippen molar-refractivity contribution in [3.8, 4) is 0 Å². The highest BCUT2D eigenvalue weighted by Gasteiger charge is 2.65. The second kappa shape index (κ2) is 4.89. The van der Waals surface area contributed by atoms with Crippen molar-refractivity contribution in [1.82, 2.24) is 0 Å². The lowest BCUT2D eigenvalue weighted by Gasteiger charge is -2.28. The molecule has 0 amide bonds. The second-order valence-electron chi connectivity index (χ2n) is 6.53. The molecule has 0 N–H and O–H groups in total. The average molecular weight is 313 g/mol. The summed E-state index contributed by atoms with van der Waals surface area (Å²) < 4.78 is 28.6. The van der Waals surface area contributed by atoms with Crippen LogP contribution in [0.1, 0.15) is 27.7 Å². The first-order valence-electron chi connectivity index (χ1n) is 7.10. The van der Waals surface area contributed by atoms with Gasteiger partial charge in [0.25, 0.3) is 0 Å². The Labute approximate surface area is 127 Å². The molecule has 3 aliphatic heterocycles. The fourth-order valence-electron chi connectivity index (χ4n) is 3.13. The van der Waals surface area contributed by atoms with Crippen LogP contribution in [-0.2, 0) is 28.5 Å². The standard InChI is InChI=1S/C13H19N3O6/c1-11(2)18-5-7(19-11)8-9-10(22-12(3,4)20-9)13(6-17,21-8)15-16-14/h6-10H,5H2,1-4H3/t7-,8-,9+,10+,13+/m1/s1. The molecule has 9 nitrogen and oxygen atoms in total. The van der Waals surface area contributed by atoms with Crippen molar-refractivity contribution in [3.63, 3.8) is 0 Å². The van der Waals surface area contributed by atoms with E-state index in [0.29, 0.717) is 6.29 Å². The Morgan fingerprint density at radius 2 is 1.82 bits per heavy atom. The van der Waals surface area contributed by atoms with E-state index in [9.17, 15) is 4.79 Å². The number of aldehydes is 1. The van der Waals surface area contributed by atoms with Crippen LogP contribution in [0.3, 0.4) is 0 Å². The number of azide groups is 1. The number of carbonyl (C=O) groups excluding carboxylic acids is 1. The van der Waals surface area contributed by atoms with Crippen LogP contribution < -0.4 is 0 Å². The molecule has 0 bridgehead atoms. The molecule has 0 aromatic rings. The Hall–Kier alpha value is -1.22. The van der Waals surface area contributed by atoms with Gasteiger partial charge in [-0.05, 0) is 38.3 Å². The molecular formula is C13H19N3O6. The van der Waals surface area contributed by atoms with E-state index in [1.807, 2.05) is 0 Å². The summed E-state index contributed by atoms with van der Waals surface area (Å²) in [6.07, 6.45) is -2.04. The van der Waals surface area contributed by atoms with E-state index in [1.165, 1.54) is 0 Å². The van der Waals surface area contributed by atoms with Crippen molar-refractivity contribution in [2.45, 2.75) is 69.4 Å². The predicted molar refractivity (Wildman–Crippen MR) is 71.5 cm³/mol. The summed E-state index contributed by atoms with van der Waals surface area (Å²) >= 11 is 0. The van der Waals surface area contributed by atoms with Crippen LogP contribution in [0.5, 0.6) is 0 Å². The van der Waals surface area contributed by atoms with Crippen LogP contribution in [0.4, 0.5) is 0 Å². The molecule has 0 radical (unpaired) electrons. The maximum absolute atomic E-state index is 11.6. The number of nitrogens with zero attached hydrogens (tertiary/aromatic N) is 3. The number of hydrogen-bond acceptors (Lipinski definition) is 7. The monoisotopic (exact) mass is 313 g/mol. The van der Waals surface area contributed by atoms with E-state index in [0.717, 1.165) is 0 Å². The third-order valence-electron chi connectivity index (χ3n) is 3.95. The molecule has 0 aliphatic carbocycles. The number of fused-ring (bicyclic) bond motifs is 1. The van der Waals surface area contributed by atoms with E-state index >= 15 is 0 Å². The minimum Gasteiger partial charge on any atom is -0.350 e. The normalized spacial score (nSPS) is 45.3. The van der Waals surface area contributed by atoms with E-state index < -0.39 is 41.7 Å². The van der Waals surface area contributed by atoms with Gasteiger partial charge >= 0.3 is 0 Å². The minimum absolute atomic E-state index is 0.288. The maximum atomic E-state index is 11.6. The number of hydrogen-bond donors (Lipinski definition) is 0. The predicted octanol–water partition coefficient (Wildman–Crippen LogP) is 1.26. The van der Waals surface area contributed by atoms with E-state index in [-0.39, 0.29) is 6.61 Å². The highest BCUT2D eigenvalue weighted by atomic mass is 16.8. The fraction of sp³-hybridized carbons (Fsp3) is 0.923. The Balaban J connectivity index is 1.92. The van der Waals surface area contributed by atoms with Gasteiger partial charge in [0.15, 0.2) is 17.9 Å². The number of rotatable bonds is 3. The van der Waals surface area contributed by atoms with Crippen LogP contribution >= 0.6 is 0 Å². The summed E-state index contributed by atoms with van der Waals surface area (Å²) in [5.74, 6) is -1.66. The molecule has 0 aromatic carbocycles. The van der Waals surface area contributed by atoms with Gasteiger partial charge in [0.05, 0.1) is 6.61 Å². The summed E-state index contributed by atoms with van der Waals surface area (Å²) in [5, 5.41) is 3.53. The summed E-state index contributed by atoms with van der Waals surface area (Å²) in [5.41, 5.74) is 7.02. The van der Waals surface area contributed by atoms with Crippen molar-refractivity contribution in [1.29, 1.82) is 0 Å². The zero-order valence-electron chi connectivity index (χ0n) is 12.9. The molecule has 22 heavy (non-hydrogen) atoms. The van der Waals surface area contributed by atoms with Gasteiger partial charge in [0, 0.05) is 4.91 Å². The third kappa shape index (κ3) is 2.40. The summed E-state index contributed by atoms with van der Waals surface area (Å²) in [4.78, 5) is 14.3. The smallest absolute Gasteiger partial charge is 0.231 e. The molecular weight excluding hydrogens is 294 g/mol. The summed E-state index contributed by atoms with van der Waals surface area (Å²) in [6, 6.07) is 0. The topological polar surface area (TPSA) is 112 Å². The van der Waals surface area contributed by atoms with Crippen LogP contribution in [0, 0.1) is 0 Å². The van der Waals surface area contributed by atoms with Gasteiger partial charge in [-0.1, -0.05) is 0 Å². The zero-order chi connectivity index (χ0) is 16.2. The van der Waals surface area contributed by atoms with Gasteiger partial charge in [0.1, 0.15) is 24.4 Å². The molecule has 3 saturated heterocycles. The Morgan fingerprint density at radius 3 is 2.36 bits per heavy atom. The first kappa shape index (κ1) is 15.7. The molecule has 0 aromatic heterocycles. The lowest BCUT2D eigenvalue weighted by Crippen LogP contribution is -2.42.